The van der Waals surface area contributed by atoms with E-state index < -0.39 is 11.5 Å². The predicted octanol–water partition coefficient (Wildman–Crippen LogP) is 2.34. The van der Waals surface area contributed by atoms with Gasteiger partial charge in [-0.05, 0) is 13.0 Å². The summed E-state index contributed by atoms with van der Waals surface area (Å²) in [5, 5.41) is 0.629. The second kappa shape index (κ2) is 4.39. The van der Waals surface area contributed by atoms with E-state index in [2.05, 4.69) is 4.74 Å². The highest BCUT2D eigenvalue weighted by molar-refractivity contribution is 6.42. The number of methoxy groups -OCH3 is 1. The Morgan fingerprint density at radius 3 is 2.60 bits per heavy atom. The fourth-order valence-electron chi connectivity index (χ4n) is 1.23. The van der Waals surface area contributed by atoms with Crippen molar-refractivity contribution in [2.75, 3.05) is 7.11 Å². The van der Waals surface area contributed by atoms with Gasteiger partial charge in [0.2, 0.25) is 0 Å². The molecule has 0 heterocycles. The van der Waals surface area contributed by atoms with E-state index in [4.69, 9.17) is 28.9 Å². The number of hydrogen-bond acceptors (Lipinski definition) is 3. The largest absolute Gasteiger partial charge is 0.467 e. The van der Waals surface area contributed by atoms with Crippen LogP contribution in [0.25, 0.3) is 0 Å². The second-order valence-electron chi connectivity index (χ2n) is 3.30. The molecule has 0 aliphatic carbocycles. The van der Waals surface area contributed by atoms with Crippen LogP contribution >= 0.6 is 23.2 Å². The molecule has 0 aliphatic rings. The molecule has 1 rings (SSSR count). The Labute approximate surface area is 98.1 Å². The third-order valence-electron chi connectivity index (χ3n) is 2.12. The first kappa shape index (κ1) is 12.3. The van der Waals surface area contributed by atoms with Gasteiger partial charge < -0.3 is 10.5 Å². The Balaban J connectivity index is 3.27. The minimum atomic E-state index is -1.29. The normalized spacial score (nSPS) is 14.5. The first-order chi connectivity index (χ1) is 6.91. The number of benzene rings is 1. The topological polar surface area (TPSA) is 52.3 Å². The molecule has 1 aromatic carbocycles. The first-order valence-corrected chi connectivity index (χ1v) is 4.98. The van der Waals surface area contributed by atoms with Gasteiger partial charge in [-0.3, -0.25) is 0 Å². The highest BCUT2D eigenvalue weighted by atomic mass is 35.5. The second-order valence-corrected chi connectivity index (χ2v) is 4.08. The van der Waals surface area contributed by atoms with E-state index in [1.807, 2.05) is 0 Å². The minimum absolute atomic E-state index is 0.273. The van der Waals surface area contributed by atoms with Crippen molar-refractivity contribution in [1.82, 2.24) is 0 Å². The van der Waals surface area contributed by atoms with Gasteiger partial charge in [-0.25, -0.2) is 4.79 Å². The van der Waals surface area contributed by atoms with Crippen LogP contribution in [0.5, 0.6) is 0 Å². The van der Waals surface area contributed by atoms with Gasteiger partial charge in [0.15, 0.2) is 0 Å². The van der Waals surface area contributed by atoms with E-state index in [1.54, 1.807) is 18.2 Å². The highest BCUT2D eigenvalue weighted by Crippen LogP contribution is 2.32. The first-order valence-electron chi connectivity index (χ1n) is 4.23. The summed E-state index contributed by atoms with van der Waals surface area (Å²) < 4.78 is 4.60. The molecule has 1 unspecified atom stereocenters. The molecule has 0 spiro atoms. The summed E-state index contributed by atoms with van der Waals surface area (Å²) in [6.07, 6.45) is 0. The summed E-state index contributed by atoms with van der Waals surface area (Å²) in [4.78, 5) is 11.4. The van der Waals surface area contributed by atoms with Gasteiger partial charge >= 0.3 is 5.97 Å². The molecule has 1 aromatic rings. The number of halogens is 2. The van der Waals surface area contributed by atoms with Crippen LogP contribution in [0.2, 0.25) is 10.0 Å². The van der Waals surface area contributed by atoms with Gasteiger partial charge in [-0.1, -0.05) is 35.3 Å². The van der Waals surface area contributed by atoms with Crippen molar-refractivity contribution in [3.8, 4) is 0 Å². The van der Waals surface area contributed by atoms with Crippen molar-refractivity contribution in [2.45, 2.75) is 12.5 Å². The molecule has 0 radical (unpaired) electrons. The van der Waals surface area contributed by atoms with Gasteiger partial charge in [-0.15, -0.1) is 0 Å². The third-order valence-corrected chi connectivity index (χ3v) is 2.94. The molecule has 5 heteroatoms. The molecular weight excluding hydrogens is 237 g/mol. The minimum Gasteiger partial charge on any atom is -0.467 e. The quantitative estimate of drug-likeness (QED) is 0.817. The summed E-state index contributed by atoms with van der Waals surface area (Å²) in [5.41, 5.74) is 5.00. The number of carbonyl (C=O) groups excluding carboxylic acids is 1. The Hall–Kier alpha value is -0.770. The standard InChI is InChI=1S/C10H11Cl2NO2/c1-10(13,9(14)15-2)6-4-3-5-7(11)8(6)12/h3-5H,13H2,1-2H3. The third kappa shape index (κ3) is 2.25. The van der Waals surface area contributed by atoms with Crippen molar-refractivity contribution < 1.29 is 9.53 Å². The maximum absolute atomic E-state index is 11.4. The van der Waals surface area contributed by atoms with E-state index >= 15 is 0 Å². The SMILES string of the molecule is COC(=O)C(C)(N)c1cccc(Cl)c1Cl. The summed E-state index contributed by atoms with van der Waals surface area (Å²) >= 11 is 11.8. The summed E-state index contributed by atoms with van der Waals surface area (Å²) in [6, 6.07) is 4.95. The van der Waals surface area contributed by atoms with Crippen LogP contribution in [0.3, 0.4) is 0 Å². The van der Waals surface area contributed by atoms with Gasteiger partial charge in [0, 0.05) is 5.56 Å². The van der Waals surface area contributed by atoms with Crippen LogP contribution < -0.4 is 5.73 Å². The van der Waals surface area contributed by atoms with Crippen LogP contribution in [0.1, 0.15) is 12.5 Å². The molecule has 0 saturated heterocycles. The van der Waals surface area contributed by atoms with E-state index in [-0.39, 0.29) is 5.02 Å². The molecule has 0 amide bonds. The zero-order valence-electron chi connectivity index (χ0n) is 8.38. The Bertz CT molecular complexity index is 391. The van der Waals surface area contributed by atoms with Crippen LogP contribution in [0, 0.1) is 0 Å². The average molecular weight is 248 g/mol. The summed E-state index contributed by atoms with van der Waals surface area (Å²) in [7, 11) is 1.27. The molecule has 0 aromatic heterocycles. The lowest BCUT2D eigenvalue weighted by Gasteiger charge is -2.23. The smallest absolute Gasteiger partial charge is 0.330 e. The number of hydrogen-bond donors (Lipinski definition) is 1. The molecule has 15 heavy (non-hydrogen) atoms. The van der Waals surface area contributed by atoms with E-state index in [0.29, 0.717) is 10.6 Å². The summed E-state index contributed by atoms with van der Waals surface area (Å²) in [6.45, 7) is 1.52. The van der Waals surface area contributed by atoms with Crippen molar-refractivity contribution in [2.24, 2.45) is 5.73 Å². The monoisotopic (exact) mass is 247 g/mol. The fraction of sp³-hybridized carbons (Fsp3) is 0.300. The number of rotatable bonds is 2. The van der Waals surface area contributed by atoms with Gasteiger partial charge in [-0.2, -0.15) is 0 Å². The number of ether oxygens (including phenoxy) is 1. The highest BCUT2D eigenvalue weighted by Gasteiger charge is 2.34. The lowest BCUT2D eigenvalue weighted by molar-refractivity contribution is -0.146. The van der Waals surface area contributed by atoms with Gasteiger partial charge in [0.25, 0.3) is 0 Å². The lowest BCUT2D eigenvalue weighted by Crippen LogP contribution is -2.42. The molecule has 3 nitrogen and oxygen atoms in total. The molecule has 0 bridgehead atoms. The summed E-state index contributed by atoms with van der Waals surface area (Å²) in [5.74, 6) is -0.563. The van der Waals surface area contributed by atoms with Crippen LogP contribution in [0.15, 0.2) is 18.2 Å². The lowest BCUT2D eigenvalue weighted by atomic mass is 9.93. The number of nitrogens with two attached hydrogens (primary N) is 1. The maximum atomic E-state index is 11.4. The van der Waals surface area contributed by atoms with Gasteiger partial charge in [0.05, 0.1) is 17.2 Å². The van der Waals surface area contributed by atoms with Crippen LogP contribution in [-0.4, -0.2) is 13.1 Å². The van der Waals surface area contributed by atoms with Crippen molar-refractivity contribution in [1.29, 1.82) is 0 Å². The van der Waals surface area contributed by atoms with E-state index in [1.165, 1.54) is 14.0 Å². The fourth-order valence-corrected chi connectivity index (χ4v) is 1.72. The number of carbonyl (C=O) groups is 1. The van der Waals surface area contributed by atoms with E-state index in [9.17, 15) is 4.79 Å². The van der Waals surface area contributed by atoms with E-state index in [0.717, 1.165) is 0 Å². The Morgan fingerprint density at radius 1 is 1.47 bits per heavy atom. The van der Waals surface area contributed by atoms with Gasteiger partial charge in [0.1, 0.15) is 5.54 Å². The molecule has 2 N–H and O–H groups in total. The molecule has 1 atom stereocenters. The zero-order chi connectivity index (χ0) is 11.6. The van der Waals surface area contributed by atoms with Crippen molar-refractivity contribution >= 4 is 29.2 Å². The molecule has 0 saturated carbocycles. The molecule has 0 aliphatic heterocycles. The Kier molecular flexibility index (Phi) is 3.60. The maximum Gasteiger partial charge on any atom is 0.330 e. The van der Waals surface area contributed by atoms with Crippen LogP contribution in [0.4, 0.5) is 0 Å². The average Bonchev–Trinajstić information content (AvgIpc) is 2.20. The zero-order valence-corrected chi connectivity index (χ0v) is 9.89. The van der Waals surface area contributed by atoms with Crippen LogP contribution in [-0.2, 0) is 15.1 Å². The molecular formula is C10H11Cl2NO2. The molecule has 0 fully saturated rings. The molecule has 82 valence electrons. The van der Waals surface area contributed by atoms with Crippen molar-refractivity contribution in [3.63, 3.8) is 0 Å². The number of esters is 1. The predicted molar refractivity (Wildman–Crippen MR) is 60.0 cm³/mol. The Morgan fingerprint density at radius 2 is 2.07 bits per heavy atom. The van der Waals surface area contributed by atoms with Crippen molar-refractivity contribution in [3.05, 3.63) is 33.8 Å².